The van der Waals surface area contributed by atoms with Crippen molar-refractivity contribution >= 4 is 17.5 Å². The number of carbonyl (C=O) groups excluding carboxylic acids is 1. The van der Waals surface area contributed by atoms with E-state index in [4.69, 9.17) is 0 Å². The first-order valence-corrected chi connectivity index (χ1v) is 9.87. The Labute approximate surface area is 174 Å². The van der Waals surface area contributed by atoms with Crippen LogP contribution < -0.4 is 16.0 Å². The van der Waals surface area contributed by atoms with Gasteiger partial charge in [-0.05, 0) is 49.2 Å². The highest BCUT2D eigenvalue weighted by Crippen LogP contribution is 2.43. The van der Waals surface area contributed by atoms with Gasteiger partial charge in [-0.3, -0.25) is 4.98 Å². The molecule has 2 amide bonds. The van der Waals surface area contributed by atoms with Gasteiger partial charge >= 0.3 is 6.03 Å². The lowest BCUT2D eigenvalue weighted by Gasteiger charge is -2.41. The van der Waals surface area contributed by atoms with E-state index in [0.29, 0.717) is 29.4 Å². The fourth-order valence-electron chi connectivity index (χ4n) is 3.67. The number of benzene rings is 1. The molecule has 0 aliphatic heterocycles. The monoisotopic (exact) mass is 406 g/mol. The van der Waals surface area contributed by atoms with Crippen LogP contribution in [0.3, 0.4) is 0 Å². The van der Waals surface area contributed by atoms with Crippen LogP contribution in [0.4, 0.5) is 20.7 Å². The van der Waals surface area contributed by atoms with Crippen LogP contribution in [0.5, 0.6) is 0 Å². The predicted octanol–water partition coefficient (Wildman–Crippen LogP) is 3.96. The van der Waals surface area contributed by atoms with E-state index in [1.165, 1.54) is 6.07 Å². The number of rotatable bonds is 6. The summed E-state index contributed by atoms with van der Waals surface area (Å²) in [6.07, 6.45) is 4.48. The maximum Gasteiger partial charge on any atom is 0.318 e. The van der Waals surface area contributed by atoms with Gasteiger partial charge in [-0.25, -0.2) is 9.18 Å². The van der Waals surface area contributed by atoms with E-state index in [-0.39, 0.29) is 17.3 Å². The number of carbonyl (C=O) groups is 1. The number of hydrogen-bond donors (Lipinski definition) is 3. The maximum absolute atomic E-state index is 14.3. The topological polar surface area (TPSA) is 91.8 Å². The number of halogens is 1. The molecule has 30 heavy (non-hydrogen) atoms. The van der Waals surface area contributed by atoms with Crippen molar-refractivity contribution in [1.82, 2.24) is 20.5 Å². The lowest BCUT2D eigenvalue weighted by molar-refractivity contribution is 0.243. The summed E-state index contributed by atoms with van der Waals surface area (Å²) in [6, 6.07) is 13.9. The number of nitrogens with one attached hydrogen (secondary N) is 3. The smallest absolute Gasteiger partial charge is 0.318 e. The van der Waals surface area contributed by atoms with Crippen LogP contribution in [-0.4, -0.2) is 34.8 Å². The fourth-order valence-corrected chi connectivity index (χ4v) is 3.67. The van der Waals surface area contributed by atoms with Crippen molar-refractivity contribution in [1.29, 1.82) is 0 Å². The highest BCUT2D eigenvalue weighted by molar-refractivity contribution is 5.89. The number of hydrogen-bond acceptors (Lipinski definition) is 5. The second-order valence-electron chi connectivity index (χ2n) is 7.41. The standard InChI is InChI=1S/C22H23FN6O/c1-24-21(30)27-16-6-2-5-15(13-16)18-8-9-19(29-28-18)26-14-22(10-4-11-22)20-17(23)7-3-12-25-20/h2-3,5-9,12-13H,4,10-11,14H2,1H3,(H,26,29)(H2,24,27,30). The van der Waals surface area contributed by atoms with E-state index in [0.717, 1.165) is 24.8 Å². The second kappa shape index (κ2) is 8.44. The summed E-state index contributed by atoms with van der Waals surface area (Å²) in [5.41, 5.74) is 2.42. The molecule has 0 radical (unpaired) electrons. The average Bonchev–Trinajstić information content (AvgIpc) is 2.74. The minimum atomic E-state index is -0.300. The maximum atomic E-state index is 14.3. The number of urea groups is 1. The van der Waals surface area contributed by atoms with Crippen LogP contribution in [0.25, 0.3) is 11.3 Å². The molecule has 0 saturated heterocycles. The van der Waals surface area contributed by atoms with Crippen molar-refractivity contribution in [3.63, 3.8) is 0 Å². The Morgan fingerprint density at radius 2 is 2.00 bits per heavy atom. The predicted molar refractivity (Wildman–Crippen MR) is 114 cm³/mol. The zero-order valence-corrected chi connectivity index (χ0v) is 16.7. The summed E-state index contributed by atoms with van der Waals surface area (Å²) in [7, 11) is 1.56. The van der Waals surface area contributed by atoms with Gasteiger partial charge in [0, 0.05) is 36.5 Å². The summed E-state index contributed by atoms with van der Waals surface area (Å²) in [6.45, 7) is 0.556. The van der Waals surface area contributed by atoms with Crippen LogP contribution in [0.1, 0.15) is 25.0 Å². The molecule has 1 fully saturated rings. The van der Waals surface area contributed by atoms with Crippen molar-refractivity contribution in [2.45, 2.75) is 24.7 Å². The zero-order valence-electron chi connectivity index (χ0n) is 16.7. The average molecular weight is 406 g/mol. The lowest BCUT2D eigenvalue weighted by atomic mass is 9.66. The van der Waals surface area contributed by atoms with Gasteiger partial charge in [0.15, 0.2) is 0 Å². The molecule has 4 rings (SSSR count). The van der Waals surface area contributed by atoms with E-state index < -0.39 is 0 Å². The molecule has 0 spiro atoms. The Morgan fingerprint density at radius 3 is 2.67 bits per heavy atom. The van der Waals surface area contributed by atoms with Gasteiger partial charge in [0.1, 0.15) is 11.6 Å². The van der Waals surface area contributed by atoms with Gasteiger partial charge in [0.05, 0.1) is 11.4 Å². The van der Waals surface area contributed by atoms with E-state index >= 15 is 0 Å². The Bertz CT molecular complexity index is 1040. The number of amides is 2. The number of aromatic nitrogens is 3. The second-order valence-corrected chi connectivity index (χ2v) is 7.41. The van der Waals surface area contributed by atoms with E-state index in [1.807, 2.05) is 30.3 Å². The molecule has 2 heterocycles. The van der Waals surface area contributed by atoms with Gasteiger partial charge in [-0.15, -0.1) is 10.2 Å². The van der Waals surface area contributed by atoms with Gasteiger partial charge in [0.25, 0.3) is 0 Å². The molecule has 7 nitrogen and oxygen atoms in total. The first kappa shape index (κ1) is 19.8. The third kappa shape index (κ3) is 4.07. The third-order valence-corrected chi connectivity index (χ3v) is 5.49. The minimum absolute atomic E-state index is 0.259. The van der Waals surface area contributed by atoms with Crippen LogP contribution in [0.15, 0.2) is 54.7 Å². The normalized spacial score (nSPS) is 14.5. The van der Waals surface area contributed by atoms with E-state index in [2.05, 4.69) is 31.1 Å². The summed E-state index contributed by atoms with van der Waals surface area (Å²) >= 11 is 0. The molecule has 1 aliphatic rings. The Balaban J connectivity index is 1.45. The first-order valence-electron chi connectivity index (χ1n) is 9.87. The van der Waals surface area contributed by atoms with Crippen LogP contribution in [0.2, 0.25) is 0 Å². The Hall–Kier alpha value is -3.55. The van der Waals surface area contributed by atoms with Crippen molar-refractivity contribution < 1.29 is 9.18 Å². The minimum Gasteiger partial charge on any atom is -0.368 e. The fraction of sp³-hybridized carbons (Fsp3) is 0.273. The molecule has 0 atom stereocenters. The molecular weight excluding hydrogens is 383 g/mol. The summed E-state index contributed by atoms with van der Waals surface area (Å²) < 4.78 is 14.3. The Morgan fingerprint density at radius 1 is 1.13 bits per heavy atom. The molecule has 0 unspecified atom stereocenters. The van der Waals surface area contributed by atoms with Crippen LogP contribution >= 0.6 is 0 Å². The van der Waals surface area contributed by atoms with Crippen molar-refractivity contribution in [3.05, 3.63) is 66.2 Å². The lowest BCUT2D eigenvalue weighted by Crippen LogP contribution is -2.42. The van der Waals surface area contributed by atoms with Gasteiger partial charge in [-0.2, -0.15) is 0 Å². The summed E-state index contributed by atoms with van der Waals surface area (Å²) in [4.78, 5) is 15.8. The van der Waals surface area contributed by atoms with Gasteiger partial charge in [0.2, 0.25) is 0 Å². The van der Waals surface area contributed by atoms with Crippen LogP contribution in [-0.2, 0) is 5.41 Å². The number of anilines is 2. The Kier molecular flexibility index (Phi) is 5.56. The summed E-state index contributed by atoms with van der Waals surface area (Å²) in [5.74, 6) is 0.367. The third-order valence-electron chi connectivity index (χ3n) is 5.49. The van der Waals surface area contributed by atoms with E-state index in [9.17, 15) is 9.18 Å². The highest BCUT2D eigenvalue weighted by Gasteiger charge is 2.41. The molecule has 3 N–H and O–H groups in total. The molecule has 8 heteroatoms. The highest BCUT2D eigenvalue weighted by atomic mass is 19.1. The molecule has 3 aromatic rings. The van der Waals surface area contributed by atoms with Crippen molar-refractivity contribution in [2.75, 3.05) is 24.2 Å². The molecule has 1 aliphatic carbocycles. The van der Waals surface area contributed by atoms with Crippen molar-refractivity contribution in [3.8, 4) is 11.3 Å². The first-order chi connectivity index (χ1) is 14.6. The molecule has 1 aromatic carbocycles. The quantitative estimate of drug-likeness (QED) is 0.576. The van der Waals surface area contributed by atoms with Gasteiger partial charge in [-0.1, -0.05) is 18.6 Å². The number of pyridine rings is 1. The summed E-state index contributed by atoms with van der Waals surface area (Å²) in [5, 5.41) is 17.1. The van der Waals surface area contributed by atoms with Crippen molar-refractivity contribution in [2.24, 2.45) is 0 Å². The van der Waals surface area contributed by atoms with E-state index in [1.54, 1.807) is 25.4 Å². The molecule has 0 bridgehead atoms. The zero-order chi connectivity index (χ0) is 21.0. The molecule has 154 valence electrons. The SMILES string of the molecule is CNC(=O)Nc1cccc(-c2ccc(NCC3(c4ncccc4F)CCC3)nn2)c1. The molecule has 2 aromatic heterocycles. The number of nitrogens with zero attached hydrogens (tertiary/aromatic N) is 3. The molecule has 1 saturated carbocycles. The van der Waals surface area contributed by atoms with Crippen LogP contribution in [0, 0.1) is 5.82 Å². The molecular formula is C22H23FN6O. The van der Waals surface area contributed by atoms with Gasteiger partial charge < -0.3 is 16.0 Å². The largest absolute Gasteiger partial charge is 0.368 e.